The second-order valence-corrected chi connectivity index (χ2v) is 6.28. The van der Waals surface area contributed by atoms with Gasteiger partial charge in [0, 0.05) is 36.6 Å². The molecule has 2 aromatic rings. The van der Waals surface area contributed by atoms with Gasteiger partial charge in [-0.15, -0.1) is 0 Å². The van der Waals surface area contributed by atoms with Crippen molar-refractivity contribution in [2.75, 3.05) is 13.1 Å². The molecule has 0 bridgehead atoms. The minimum atomic E-state index is -0.241. The number of hydrogen-bond donors (Lipinski definition) is 2. The number of H-pyrrole nitrogens is 1. The number of nitrogens with one attached hydrogen (secondary N) is 1. The molecule has 1 aromatic carbocycles. The van der Waals surface area contributed by atoms with Gasteiger partial charge in [0.15, 0.2) is 0 Å². The highest BCUT2D eigenvalue weighted by molar-refractivity contribution is 5.86. The quantitative estimate of drug-likeness (QED) is 0.916. The van der Waals surface area contributed by atoms with Gasteiger partial charge in [-0.1, -0.05) is 18.2 Å². The Bertz CT molecular complexity index is 662. The number of carbonyl (C=O) groups is 1. The molecule has 4 heteroatoms. The molecule has 2 heterocycles. The van der Waals surface area contributed by atoms with Crippen molar-refractivity contribution in [1.29, 1.82) is 0 Å². The largest absolute Gasteiger partial charge is 0.393 e. The van der Waals surface area contributed by atoms with E-state index < -0.39 is 0 Å². The Kier molecular flexibility index (Phi) is 4.48. The van der Waals surface area contributed by atoms with Gasteiger partial charge in [-0.25, -0.2) is 0 Å². The first-order chi connectivity index (χ1) is 10.6. The molecule has 0 radical (unpaired) electrons. The molecule has 1 atom stereocenters. The van der Waals surface area contributed by atoms with Gasteiger partial charge in [0.2, 0.25) is 5.91 Å². The van der Waals surface area contributed by atoms with Crippen molar-refractivity contribution in [3.63, 3.8) is 0 Å². The van der Waals surface area contributed by atoms with Crippen molar-refractivity contribution in [2.45, 2.75) is 45.1 Å². The fourth-order valence-electron chi connectivity index (χ4n) is 3.30. The zero-order chi connectivity index (χ0) is 15.5. The van der Waals surface area contributed by atoms with Crippen LogP contribution in [-0.4, -0.2) is 40.1 Å². The normalized spacial score (nSPS) is 19.4. The number of carbonyl (C=O) groups excluding carboxylic acids is 1. The molecule has 1 aromatic heterocycles. The van der Waals surface area contributed by atoms with Gasteiger partial charge in [0.25, 0.3) is 0 Å². The van der Waals surface area contributed by atoms with Crippen molar-refractivity contribution in [1.82, 2.24) is 9.88 Å². The first-order valence-electron chi connectivity index (χ1n) is 8.16. The summed E-state index contributed by atoms with van der Waals surface area (Å²) in [5, 5.41) is 10.9. The molecule has 118 valence electrons. The monoisotopic (exact) mass is 300 g/mol. The Balaban J connectivity index is 1.64. The lowest BCUT2D eigenvalue weighted by Crippen LogP contribution is -2.32. The fourth-order valence-corrected chi connectivity index (χ4v) is 3.30. The first-order valence-corrected chi connectivity index (χ1v) is 8.16. The summed E-state index contributed by atoms with van der Waals surface area (Å²) in [6, 6.07) is 6.27. The number of aliphatic hydroxyl groups is 1. The molecule has 4 nitrogen and oxygen atoms in total. The van der Waals surface area contributed by atoms with Crippen LogP contribution >= 0.6 is 0 Å². The van der Waals surface area contributed by atoms with Crippen LogP contribution in [0.1, 0.15) is 36.8 Å². The molecule has 0 spiro atoms. The minimum Gasteiger partial charge on any atom is -0.393 e. The molecule has 1 aliphatic rings. The number of aromatic amines is 1. The molecule has 2 N–H and O–H groups in total. The van der Waals surface area contributed by atoms with Gasteiger partial charge in [0.1, 0.15) is 0 Å². The highest BCUT2D eigenvalue weighted by Gasteiger charge is 2.19. The summed E-state index contributed by atoms with van der Waals surface area (Å²) in [5.74, 6) is 0.205. The van der Waals surface area contributed by atoms with Gasteiger partial charge in [-0.2, -0.15) is 0 Å². The van der Waals surface area contributed by atoms with Crippen LogP contribution in [0.15, 0.2) is 24.4 Å². The molecule has 22 heavy (non-hydrogen) atoms. The van der Waals surface area contributed by atoms with Gasteiger partial charge >= 0.3 is 0 Å². The van der Waals surface area contributed by atoms with Crippen molar-refractivity contribution < 1.29 is 9.90 Å². The molecule has 1 unspecified atom stereocenters. The molecule has 1 fully saturated rings. The summed E-state index contributed by atoms with van der Waals surface area (Å²) < 4.78 is 0. The van der Waals surface area contributed by atoms with Crippen LogP contribution in [0.3, 0.4) is 0 Å². The molecule has 3 rings (SSSR count). The third-order valence-electron chi connectivity index (χ3n) is 4.67. The highest BCUT2D eigenvalue weighted by Crippen LogP contribution is 2.22. The van der Waals surface area contributed by atoms with E-state index in [9.17, 15) is 9.90 Å². The van der Waals surface area contributed by atoms with E-state index in [0.29, 0.717) is 19.4 Å². The average Bonchev–Trinajstić information content (AvgIpc) is 2.80. The number of aliphatic hydroxyl groups excluding tert-OH is 1. The number of hydrogen-bond acceptors (Lipinski definition) is 2. The maximum Gasteiger partial charge on any atom is 0.222 e. The first kappa shape index (κ1) is 15.1. The second kappa shape index (κ2) is 6.53. The number of para-hydroxylation sites is 1. The predicted molar refractivity (Wildman–Crippen MR) is 87.8 cm³/mol. The van der Waals surface area contributed by atoms with Crippen LogP contribution < -0.4 is 0 Å². The molecular formula is C18H24N2O2. The number of likely N-dealkylation sites (tertiary alicyclic amines) is 1. The van der Waals surface area contributed by atoms with Crippen LogP contribution in [0, 0.1) is 6.92 Å². The van der Waals surface area contributed by atoms with Crippen LogP contribution in [0.5, 0.6) is 0 Å². The van der Waals surface area contributed by atoms with E-state index in [1.165, 1.54) is 22.0 Å². The van der Waals surface area contributed by atoms with E-state index >= 15 is 0 Å². The summed E-state index contributed by atoms with van der Waals surface area (Å²) in [6.45, 7) is 3.56. The molecule has 1 saturated heterocycles. The zero-order valence-electron chi connectivity index (χ0n) is 13.1. The Hall–Kier alpha value is -1.81. The molecule has 0 aliphatic carbocycles. The fraction of sp³-hybridized carbons (Fsp3) is 0.500. The summed E-state index contributed by atoms with van der Waals surface area (Å²) in [5.41, 5.74) is 3.61. The summed E-state index contributed by atoms with van der Waals surface area (Å²) in [4.78, 5) is 17.6. The zero-order valence-corrected chi connectivity index (χ0v) is 13.1. The van der Waals surface area contributed by atoms with E-state index in [4.69, 9.17) is 0 Å². The van der Waals surface area contributed by atoms with Gasteiger partial charge in [-0.3, -0.25) is 4.79 Å². The second-order valence-electron chi connectivity index (χ2n) is 6.28. The lowest BCUT2D eigenvalue weighted by Gasteiger charge is -2.20. The third kappa shape index (κ3) is 3.17. The Morgan fingerprint density at radius 2 is 2.23 bits per heavy atom. The SMILES string of the molecule is Cc1cccc2c(CCC(=O)N3CCCC(O)CC3)c[nH]c12. The maximum atomic E-state index is 12.4. The topological polar surface area (TPSA) is 56.3 Å². The molecule has 0 saturated carbocycles. The van der Waals surface area contributed by atoms with Crippen molar-refractivity contribution in [3.8, 4) is 0 Å². The summed E-state index contributed by atoms with van der Waals surface area (Å²) >= 11 is 0. The number of rotatable bonds is 3. The molecule has 1 aliphatic heterocycles. The lowest BCUT2D eigenvalue weighted by atomic mass is 10.1. The standard InChI is InChI=1S/C18H24N2O2/c1-13-4-2-6-16-14(12-19-18(13)16)7-8-17(22)20-10-3-5-15(21)9-11-20/h2,4,6,12,15,19,21H,3,5,7-11H2,1H3. The number of nitrogens with zero attached hydrogens (tertiary/aromatic N) is 1. The van der Waals surface area contributed by atoms with Gasteiger partial charge < -0.3 is 15.0 Å². The number of amides is 1. The van der Waals surface area contributed by atoms with Crippen LogP contribution in [0.4, 0.5) is 0 Å². The Labute approximate surface area is 131 Å². The lowest BCUT2D eigenvalue weighted by molar-refractivity contribution is -0.131. The van der Waals surface area contributed by atoms with Crippen LogP contribution in [-0.2, 0) is 11.2 Å². The Morgan fingerprint density at radius 3 is 3.09 bits per heavy atom. The maximum absolute atomic E-state index is 12.4. The van der Waals surface area contributed by atoms with Crippen LogP contribution in [0.25, 0.3) is 10.9 Å². The average molecular weight is 300 g/mol. The van der Waals surface area contributed by atoms with Crippen molar-refractivity contribution >= 4 is 16.8 Å². The van der Waals surface area contributed by atoms with E-state index in [1.807, 2.05) is 11.1 Å². The molecular weight excluding hydrogens is 276 g/mol. The van der Waals surface area contributed by atoms with Crippen molar-refractivity contribution in [2.24, 2.45) is 0 Å². The predicted octanol–water partition coefficient (Wildman–Crippen LogP) is 2.78. The van der Waals surface area contributed by atoms with Crippen molar-refractivity contribution in [3.05, 3.63) is 35.5 Å². The van der Waals surface area contributed by atoms with Gasteiger partial charge in [0.05, 0.1) is 6.10 Å². The summed E-state index contributed by atoms with van der Waals surface area (Å²) in [7, 11) is 0. The smallest absolute Gasteiger partial charge is 0.222 e. The minimum absolute atomic E-state index is 0.205. The Morgan fingerprint density at radius 1 is 1.36 bits per heavy atom. The van der Waals surface area contributed by atoms with E-state index in [0.717, 1.165) is 25.8 Å². The van der Waals surface area contributed by atoms with E-state index in [1.54, 1.807) is 0 Å². The van der Waals surface area contributed by atoms with E-state index in [-0.39, 0.29) is 12.0 Å². The highest BCUT2D eigenvalue weighted by atomic mass is 16.3. The molecule has 1 amide bonds. The third-order valence-corrected chi connectivity index (χ3v) is 4.67. The number of fused-ring (bicyclic) bond motifs is 1. The van der Waals surface area contributed by atoms with E-state index in [2.05, 4.69) is 30.1 Å². The van der Waals surface area contributed by atoms with Crippen LogP contribution in [0.2, 0.25) is 0 Å². The number of aryl methyl sites for hydroxylation is 2. The van der Waals surface area contributed by atoms with Gasteiger partial charge in [-0.05, 0) is 43.7 Å². The summed E-state index contributed by atoms with van der Waals surface area (Å²) in [6.07, 6.45) is 5.51. The number of aromatic nitrogens is 1. The number of benzene rings is 1.